The van der Waals surface area contributed by atoms with E-state index in [1.807, 2.05) is 24.6 Å². The van der Waals surface area contributed by atoms with Crippen LogP contribution in [0.3, 0.4) is 0 Å². The van der Waals surface area contributed by atoms with Gasteiger partial charge in [-0.15, -0.1) is 21.5 Å². The van der Waals surface area contributed by atoms with Crippen LogP contribution in [0.25, 0.3) is 10.8 Å². The first-order chi connectivity index (χ1) is 13.2. The number of rotatable bonds is 9. The summed E-state index contributed by atoms with van der Waals surface area (Å²) in [5.74, 6) is 1.53. The van der Waals surface area contributed by atoms with E-state index in [1.54, 1.807) is 18.2 Å². The monoisotopic (exact) mass is 388 g/mol. The van der Waals surface area contributed by atoms with Crippen molar-refractivity contribution >= 4 is 17.2 Å². The summed E-state index contributed by atoms with van der Waals surface area (Å²) in [6.07, 6.45) is 0. The Morgan fingerprint density at radius 2 is 2.19 bits per heavy atom. The van der Waals surface area contributed by atoms with Crippen LogP contribution in [0.4, 0.5) is 0 Å². The van der Waals surface area contributed by atoms with Crippen LogP contribution < -0.4 is 20.1 Å². The van der Waals surface area contributed by atoms with E-state index >= 15 is 0 Å². The standard InChI is InChI=1S/C18H20N4O4S/c1-19-7-8-25-12-5-6-13(14(10-12)24-2)17(23)20-11-16-21-22-18(26-16)15-4-3-9-27-15/h3-6,9-10,19H,7-8,11H2,1-2H3,(H,20,23). The van der Waals surface area contributed by atoms with Gasteiger partial charge in [-0.2, -0.15) is 0 Å². The Hall–Kier alpha value is -2.91. The molecule has 0 aliphatic rings. The van der Waals surface area contributed by atoms with Gasteiger partial charge < -0.3 is 24.5 Å². The number of hydrogen-bond donors (Lipinski definition) is 2. The number of benzene rings is 1. The van der Waals surface area contributed by atoms with Crippen LogP contribution in [0.15, 0.2) is 40.1 Å². The van der Waals surface area contributed by atoms with E-state index in [0.29, 0.717) is 35.5 Å². The van der Waals surface area contributed by atoms with E-state index < -0.39 is 0 Å². The number of thiophene rings is 1. The second-order valence-electron chi connectivity index (χ2n) is 5.48. The SMILES string of the molecule is CNCCOc1ccc(C(=O)NCc2nnc(-c3cccs3)o2)c(OC)c1. The maximum atomic E-state index is 12.5. The van der Waals surface area contributed by atoms with E-state index in [9.17, 15) is 4.79 Å². The minimum Gasteiger partial charge on any atom is -0.496 e. The predicted octanol–water partition coefficient (Wildman–Crippen LogP) is 2.33. The summed E-state index contributed by atoms with van der Waals surface area (Å²) in [5, 5.41) is 15.6. The zero-order valence-electron chi connectivity index (χ0n) is 15.0. The van der Waals surface area contributed by atoms with Gasteiger partial charge in [0.05, 0.1) is 24.1 Å². The van der Waals surface area contributed by atoms with Crippen LogP contribution in [-0.4, -0.2) is 43.4 Å². The minimum atomic E-state index is -0.301. The molecule has 2 N–H and O–H groups in total. The Labute approximate surface area is 160 Å². The zero-order chi connectivity index (χ0) is 19.1. The third-order valence-corrected chi connectivity index (χ3v) is 4.50. The van der Waals surface area contributed by atoms with E-state index in [1.165, 1.54) is 18.4 Å². The lowest BCUT2D eigenvalue weighted by atomic mass is 10.1. The molecule has 0 bridgehead atoms. The number of methoxy groups -OCH3 is 1. The molecule has 0 saturated carbocycles. The molecule has 8 nitrogen and oxygen atoms in total. The number of carbonyl (C=O) groups is 1. The highest BCUT2D eigenvalue weighted by atomic mass is 32.1. The Balaban J connectivity index is 1.62. The average Bonchev–Trinajstić information content (AvgIpc) is 3.37. The summed E-state index contributed by atoms with van der Waals surface area (Å²) >= 11 is 1.51. The number of nitrogens with zero attached hydrogens (tertiary/aromatic N) is 2. The van der Waals surface area contributed by atoms with Crippen molar-refractivity contribution in [1.29, 1.82) is 0 Å². The molecule has 0 aliphatic carbocycles. The fourth-order valence-corrected chi connectivity index (χ4v) is 2.94. The second-order valence-corrected chi connectivity index (χ2v) is 6.42. The molecule has 1 amide bonds. The highest BCUT2D eigenvalue weighted by molar-refractivity contribution is 7.13. The summed E-state index contributed by atoms with van der Waals surface area (Å²) in [5.41, 5.74) is 0.400. The summed E-state index contributed by atoms with van der Waals surface area (Å²) in [4.78, 5) is 13.4. The Morgan fingerprint density at radius 3 is 2.93 bits per heavy atom. The normalized spacial score (nSPS) is 10.6. The number of hydrogen-bond acceptors (Lipinski definition) is 8. The van der Waals surface area contributed by atoms with Gasteiger partial charge in [0, 0.05) is 12.6 Å². The number of aromatic nitrogens is 2. The number of ether oxygens (including phenoxy) is 2. The molecule has 3 rings (SSSR count). The molecule has 1 aromatic carbocycles. The third-order valence-electron chi connectivity index (χ3n) is 3.64. The largest absolute Gasteiger partial charge is 0.496 e. The summed E-state index contributed by atoms with van der Waals surface area (Å²) in [7, 11) is 3.36. The predicted molar refractivity (Wildman–Crippen MR) is 101 cm³/mol. The highest BCUT2D eigenvalue weighted by Crippen LogP contribution is 2.25. The van der Waals surface area contributed by atoms with Crippen molar-refractivity contribution in [2.24, 2.45) is 0 Å². The van der Waals surface area contributed by atoms with Crippen molar-refractivity contribution in [2.45, 2.75) is 6.54 Å². The molecule has 0 fully saturated rings. The fraction of sp³-hybridized carbons (Fsp3) is 0.278. The van der Waals surface area contributed by atoms with E-state index in [-0.39, 0.29) is 12.5 Å². The van der Waals surface area contributed by atoms with Gasteiger partial charge in [-0.1, -0.05) is 6.07 Å². The van der Waals surface area contributed by atoms with Crippen LogP contribution >= 0.6 is 11.3 Å². The van der Waals surface area contributed by atoms with Crippen molar-refractivity contribution in [2.75, 3.05) is 27.3 Å². The Kier molecular flexibility index (Phi) is 6.39. The van der Waals surface area contributed by atoms with E-state index in [2.05, 4.69) is 20.8 Å². The molecular formula is C18H20N4O4S. The summed E-state index contributed by atoms with van der Waals surface area (Å²) in [6, 6.07) is 8.88. The van der Waals surface area contributed by atoms with Crippen LogP contribution in [0.1, 0.15) is 16.2 Å². The van der Waals surface area contributed by atoms with Gasteiger partial charge in [0.2, 0.25) is 5.89 Å². The molecule has 9 heteroatoms. The molecule has 2 heterocycles. The quantitative estimate of drug-likeness (QED) is 0.543. The molecule has 2 aromatic heterocycles. The number of likely N-dealkylation sites (N-methyl/N-ethyl adjacent to an activating group) is 1. The molecule has 0 saturated heterocycles. The number of nitrogens with one attached hydrogen (secondary N) is 2. The summed E-state index contributed by atoms with van der Waals surface area (Å²) < 4.78 is 16.5. The van der Waals surface area contributed by atoms with Crippen molar-refractivity contribution in [3.05, 3.63) is 47.2 Å². The third kappa shape index (κ3) is 4.83. The molecular weight excluding hydrogens is 368 g/mol. The number of amides is 1. The molecule has 142 valence electrons. The van der Waals surface area contributed by atoms with Gasteiger partial charge in [-0.3, -0.25) is 4.79 Å². The molecule has 0 unspecified atom stereocenters. The van der Waals surface area contributed by atoms with Crippen LogP contribution in [0.2, 0.25) is 0 Å². The first-order valence-corrected chi connectivity index (χ1v) is 9.19. The molecule has 0 aliphatic heterocycles. The molecule has 0 radical (unpaired) electrons. The fourth-order valence-electron chi connectivity index (χ4n) is 2.30. The average molecular weight is 388 g/mol. The van der Waals surface area contributed by atoms with Crippen molar-refractivity contribution < 1.29 is 18.7 Å². The second kappa shape index (κ2) is 9.15. The van der Waals surface area contributed by atoms with Crippen molar-refractivity contribution in [3.63, 3.8) is 0 Å². The summed E-state index contributed by atoms with van der Waals surface area (Å²) in [6.45, 7) is 1.37. The van der Waals surface area contributed by atoms with Crippen molar-refractivity contribution in [3.8, 4) is 22.3 Å². The van der Waals surface area contributed by atoms with E-state index in [0.717, 1.165) is 11.4 Å². The first-order valence-electron chi connectivity index (χ1n) is 8.31. The molecule has 0 spiro atoms. The Morgan fingerprint density at radius 1 is 1.30 bits per heavy atom. The van der Waals surface area contributed by atoms with Gasteiger partial charge in [0.15, 0.2) is 0 Å². The molecule has 27 heavy (non-hydrogen) atoms. The van der Waals surface area contributed by atoms with Gasteiger partial charge in [0.1, 0.15) is 18.1 Å². The van der Waals surface area contributed by atoms with Crippen LogP contribution in [-0.2, 0) is 6.54 Å². The lowest BCUT2D eigenvalue weighted by molar-refractivity contribution is 0.0944. The van der Waals surface area contributed by atoms with Gasteiger partial charge >= 0.3 is 0 Å². The maximum Gasteiger partial charge on any atom is 0.257 e. The van der Waals surface area contributed by atoms with E-state index in [4.69, 9.17) is 13.9 Å². The molecule has 0 atom stereocenters. The van der Waals surface area contributed by atoms with Gasteiger partial charge in [-0.05, 0) is 30.6 Å². The first kappa shape index (κ1) is 18.9. The van der Waals surface area contributed by atoms with Crippen molar-refractivity contribution in [1.82, 2.24) is 20.8 Å². The van der Waals surface area contributed by atoms with Gasteiger partial charge in [0.25, 0.3) is 11.8 Å². The number of carbonyl (C=O) groups excluding carboxylic acids is 1. The highest BCUT2D eigenvalue weighted by Gasteiger charge is 2.15. The maximum absolute atomic E-state index is 12.5. The van der Waals surface area contributed by atoms with Crippen LogP contribution in [0.5, 0.6) is 11.5 Å². The zero-order valence-corrected chi connectivity index (χ0v) is 15.8. The smallest absolute Gasteiger partial charge is 0.257 e. The lowest BCUT2D eigenvalue weighted by Crippen LogP contribution is -2.23. The molecule has 3 aromatic rings. The van der Waals surface area contributed by atoms with Gasteiger partial charge in [-0.25, -0.2) is 0 Å². The van der Waals surface area contributed by atoms with Crippen LogP contribution in [0, 0.1) is 0 Å². The Bertz CT molecular complexity index is 879. The topological polar surface area (TPSA) is 98.5 Å². The lowest BCUT2D eigenvalue weighted by Gasteiger charge is -2.11. The minimum absolute atomic E-state index is 0.126.